The number of ether oxygens (including phenoxy) is 4. The van der Waals surface area contributed by atoms with Gasteiger partial charge in [0, 0.05) is 13.0 Å². The molecule has 1 aliphatic heterocycles. The average Bonchev–Trinajstić information content (AvgIpc) is 3.14. The zero-order valence-electron chi connectivity index (χ0n) is 34.1. The second kappa shape index (κ2) is 34.2. The quantitative estimate of drug-likeness (QED) is 0.0266. The van der Waals surface area contributed by atoms with Gasteiger partial charge in [-0.15, -0.1) is 0 Å². The highest BCUT2D eigenvalue weighted by molar-refractivity contribution is 7.80. The van der Waals surface area contributed by atoms with Gasteiger partial charge in [-0.3, -0.25) is 9.35 Å². The monoisotopic (exact) mass is 797 g/mol. The normalized spacial score (nSPS) is 21.0. The Labute approximate surface area is 328 Å². The van der Waals surface area contributed by atoms with E-state index in [1.54, 1.807) is 0 Å². The van der Waals surface area contributed by atoms with Crippen molar-refractivity contribution in [3.63, 3.8) is 0 Å². The van der Waals surface area contributed by atoms with Crippen LogP contribution < -0.4 is 0 Å². The number of carbonyl (C=O) groups is 1. The second-order valence-corrected chi connectivity index (χ2v) is 16.4. The summed E-state index contributed by atoms with van der Waals surface area (Å²) in [5.74, 6) is -0.430. The maximum Gasteiger partial charge on any atom is 0.397 e. The van der Waals surface area contributed by atoms with Crippen LogP contribution in [-0.2, 0) is 38.3 Å². The Balaban J connectivity index is 2.10. The molecular weight excluding hydrogens is 717 g/mol. The van der Waals surface area contributed by atoms with Gasteiger partial charge in [0.05, 0.1) is 19.8 Å². The number of hydrogen-bond acceptors (Lipinski definition) is 11. The molecule has 6 unspecified atom stereocenters. The lowest BCUT2D eigenvalue weighted by Gasteiger charge is -2.41. The van der Waals surface area contributed by atoms with Gasteiger partial charge in [-0.2, -0.15) is 8.42 Å². The molecule has 54 heavy (non-hydrogen) atoms. The molecular formula is C41H80O12S. The van der Waals surface area contributed by atoms with E-state index in [2.05, 4.69) is 11.1 Å². The smallest absolute Gasteiger partial charge is 0.397 e. The van der Waals surface area contributed by atoms with E-state index in [0.29, 0.717) is 13.0 Å². The summed E-state index contributed by atoms with van der Waals surface area (Å²) in [5, 5.41) is 30.3. The molecule has 1 fully saturated rings. The lowest BCUT2D eigenvalue weighted by Crippen LogP contribution is -2.60. The molecule has 1 heterocycles. The van der Waals surface area contributed by atoms with Crippen molar-refractivity contribution in [3.8, 4) is 0 Å². The minimum Gasteiger partial charge on any atom is -0.457 e. The first kappa shape index (κ1) is 51.1. The summed E-state index contributed by atoms with van der Waals surface area (Å²) in [6.45, 7) is 3.75. The number of carbonyl (C=O) groups excluding carboxylic acids is 1. The van der Waals surface area contributed by atoms with E-state index in [0.717, 1.165) is 25.7 Å². The maximum atomic E-state index is 12.3. The number of esters is 1. The van der Waals surface area contributed by atoms with Crippen molar-refractivity contribution in [2.24, 2.45) is 0 Å². The molecule has 4 N–H and O–H groups in total. The van der Waals surface area contributed by atoms with Crippen molar-refractivity contribution in [3.05, 3.63) is 0 Å². The average molecular weight is 797 g/mol. The van der Waals surface area contributed by atoms with Gasteiger partial charge in [0.15, 0.2) is 6.29 Å². The van der Waals surface area contributed by atoms with E-state index in [4.69, 9.17) is 23.5 Å². The van der Waals surface area contributed by atoms with Crippen LogP contribution in [0, 0.1) is 0 Å². The predicted octanol–water partition coefficient (Wildman–Crippen LogP) is 8.52. The highest BCUT2D eigenvalue weighted by atomic mass is 32.3. The van der Waals surface area contributed by atoms with Crippen LogP contribution in [0.5, 0.6) is 0 Å². The molecule has 6 atom stereocenters. The number of hydrogen-bond donors (Lipinski definition) is 4. The van der Waals surface area contributed by atoms with E-state index in [1.807, 2.05) is 6.92 Å². The molecule has 0 aromatic heterocycles. The predicted molar refractivity (Wildman–Crippen MR) is 211 cm³/mol. The van der Waals surface area contributed by atoms with E-state index in [9.17, 15) is 28.5 Å². The molecule has 0 radical (unpaired) electrons. The lowest BCUT2D eigenvalue weighted by molar-refractivity contribution is -0.301. The Bertz CT molecular complexity index is 968. The standard InChI is InChI=1S/C41H80O12S/c1-3-5-7-8-9-10-11-12-13-14-15-16-17-18-19-20-21-22-23-24-25-26-27-28-29-31-49-33-35(51-37(43)30-6-4-2)34-50-41-39(45)40(53-54(46,47)48)38(44)36(32-42)52-41/h35-36,38-42,44-45H,3-34H2,1-2H3,(H,46,47,48). The Kier molecular flexibility index (Phi) is 32.3. The molecule has 0 saturated carbocycles. The Morgan fingerprint density at radius 2 is 1.06 bits per heavy atom. The fourth-order valence-electron chi connectivity index (χ4n) is 6.89. The zero-order chi connectivity index (χ0) is 39.7. The van der Waals surface area contributed by atoms with Gasteiger partial charge in [-0.1, -0.05) is 174 Å². The molecule has 1 aliphatic rings. The second-order valence-electron chi connectivity index (χ2n) is 15.3. The maximum absolute atomic E-state index is 12.3. The van der Waals surface area contributed by atoms with Crippen LogP contribution in [-0.4, -0.2) is 97.5 Å². The van der Waals surface area contributed by atoms with Crippen LogP contribution in [0.3, 0.4) is 0 Å². The first-order valence-electron chi connectivity index (χ1n) is 21.8. The molecule has 12 nitrogen and oxygen atoms in total. The summed E-state index contributed by atoms with van der Waals surface area (Å²) in [6, 6.07) is 0. The van der Waals surface area contributed by atoms with Gasteiger partial charge in [-0.05, 0) is 12.8 Å². The molecule has 1 saturated heterocycles. The van der Waals surface area contributed by atoms with Crippen molar-refractivity contribution >= 4 is 16.4 Å². The zero-order valence-corrected chi connectivity index (χ0v) is 34.9. The van der Waals surface area contributed by atoms with Gasteiger partial charge in [0.25, 0.3) is 0 Å². The minimum absolute atomic E-state index is 0.0388. The van der Waals surface area contributed by atoms with Crippen molar-refractivity contribution in [1.82, 2.24) is 0 Å². The number of unbranched alkanes of at least 4 members (excludes halogenated alkanes) is 25. The Morgan fingerprint density at radius 3 is 1.46 bits per heavy atom. The fraction of sp³-hybridized carbons (Fsp3) is 0.976. The van der Waals surface area contributed by atoms with E-state index >= 15 is 0 Å². The molecule has 0 aromatic carbocycles. The van der Waals surface area contributed by atoms with E-state index < -0.39 is 59.8 Å². The molecule has 0 bridgehead atoms. The van der Waals surface area contributed by atoms with Crippen LogP contribution in [0.4, 0.5) is 0 Å². The van der Waals surface area contributed by atoms with Crippen molar-refractivity contribution in [1.29, 1.82) is 0 Å². The van der Waals surface area contributed by atoms with Crippen LogP contribution in [0.1, 0.15) is 194 Å². The third-order valence-corrected chi connectivity index (χ3v) is 10.7. The van der Waals surface area contributed by atoms with Crippen molar-refractivity contribution in [2.45, 2.75) is 230 Å². The first-order chi connectivity index (χ1) is 26.1. The van der Waals surface area contributed by atoms with Gasteiger partial charge >= 0.3 is 16.4 Å². The first-order valence-corrected chi connectivity index (χ1v) is 23.2. The van der Waals surface area contributed by atoms with Gasteiger partial charge < -0.3 is 34.3 Å². The van der Waals surface area contributed by atoms with Crippen LogP contribution in [0.15, 0.2) is 0 Å². The van der Waals surface area contributed by atoms with Crippen LogP contribution in [0.25, 0.3) is 0 Å². The van der Waals surface area contributed by atoms with Crippen LogP contribution >= 0.6 is 0 Å². The molecule has 0 aliphatic carbocycles. The van der Waals surface area contributed by atoms with Crippen LogP contribution in [0.2, 0.25) is 0 Å². The number of rotatable bonds is 38. The third-order valence-electron chi connectivity index (χ3n) is 10.2. The molecule has 322 valence electrons. The van der Waals surface area contributed by atoms with Gasteiger partial charge in [-0.25, -0.2) is 4.18 Å². The number of aliphatic hydroxyl groups is 3. The van der Waals surface area contributed by atoms with Gasteiger partial charge in [0.2, 0.25) is 0 Å². The van der Waals surface area contributed by atoms with E-state index in [1.165, 1.54) is 141 Å². The highest BCUT2D eigenvalue weighted by Crippen LogP contribution is 2.26. The summed E-state index contributed by atoms with van der Waals surface area (Å²) in [7, 11) is -5.04. The summed E-state index contributed by atoms with van der Waals surface area (Å²) < 4.78 is 58.3. The van der Waals surface area contributed by atoms with Crippen molar-refractivity contribution < 1.29 is 56.2 Å². The lowest BCUT2D eigenvalue weighted by atomic mass is 9.99. The molecule has 0 aromatic rings. The molecule has 1 rings (SSSR count). The van der Waals surface area contributed by atoms with Crippen molar-refractivity contribution in [2.75, 3.05) is 26.4 Å². The Morgan fingerprint density at radius 1 is 0.630 bits per heavy atom. The Hall–Kier alpha value is -0.900. The summed E-state index contributed by atoms with van der Waals surface area (Å²) >= 11 is 0. The van der Waals surface area contributed by atoms with Gasteiger partial charge in [0.1, 0.15) is 30.5 Å². The number of aliphatic hydroxyl groups excluding tert-OH is 3. The third kappa shape index (κ3) is 27.7. The fourth-order valence-corrected chi connectivity index (χ4v) is 7.40. The minimum atomic E-state index is -5.04. The molecule has 13 heteroatoms. The molecule has 0 spiro atoms. The molecule has 0 amide bonds. The summed E-state index contributed by atoms with van der Waals surface area (Å²) in [5.41, 5.74) is 0. The van der Waals surface area contributed by atoms with E-state index in [-0.39, 0.29) is 19.6 Å². The highest BCUT2D eigenvalue weighted by Gasteiger charge is 2.48. The summed E-state index contributed by atoms with van der Waals surface area (Å²) in [6.07, 6.45) is 25.9. The largest absolute Gasteiger partial charge is 0.457 e. The summed E-state index contributed by atoms with van der Waals surface area (Å²) in [4.78, 5) is 12.3. The SMILES string of the molecule is CCCCCCCCCCCCCCCCCCCCCCCCCCCOCC(COC1OC(CO)C(O)C(OS(=O)(=O)O)C1O)OC(=O)CCCC. The topological polar surface area (TPSA) is 178 Å².